The predicted molar refractivity (Wildman–Crippen MR) is 506 cm³/mol. The normalized spacial score (nSPS) is 14.8. The van der Waals surface area contributed by atoms with Gasteiger partial charge in [-0.3, -0.25) is 43.2 Å². The molecule has 0 aliphatic heterocycles. The van der Waals surface area contributed by atoms with Gasteiger partial charge in [-0.15, -0.1) is 0 Å². The highest BCUT2D eigenvalue weighted by atomic mass is 32.2. The summed E-state index contributed by atoms with van der Waals surface area (Å²) in [5, 5.41) is 27.4. The van der Waals surface area contributed by atoms with Crippen molar-refractivity contribution >= 4 is 173 Å². The van der Waals surface area contributed by atoms with Crippen LogP contribution in [0.5, 0.6) is 0 Å². The number of aromatic nitrogens is 4. The van der Waals surface area contributed by atoms with Gasteiger partial charge in [-0.2, -0.15) is 47.0 Å². The van der Waals surface area contributed by atoms with Crippen LogP contribution in [-0.2, 0) is 68.8 Å². The molecule has 31 heteroatoms. The lowest BCUT2D eigenvalue weighted by Gasteiger charge is -2.30. The number of nitrogens with two attached hydrogens (primary N) is 2. The van der Waals surface area contributed by atoms with E-state index in [-0.39, 0.29) is 42.9 Å². The number of hydrogen-bond donors (Lipinski definition) is 14. The number of fused-ring (bicyclic) bond motifs is 4. The third-order valence-electron chi connectivity index (χ3n) is 20.6. The molecule has 9 amide bonds. The molecule has 0 radical (unpaired) electrons. The summed E-state index contributed by atoms with van der Waals surface area (Å²) in [6, 6.07) is 19.4. The van der Waals surface area contributed by atoms with Crippen LogP contribution in [-0.4, -0.2) is 278 Å². The second kappa shape index (κ2) is 45.8. The highest BCUT2D eigenvalue weighted by Gasteiger charge is 2.38. The molecule has 8 rings (SSSR count). The maximum absolute atomic E-state index is 15.9. The van der Waals surface area contributed by atoms with E-state index in [1.54, 1.807) is 48.3 Å². The maximum atomic E-state index is 15.9. The number of para-hydroxylation sites is 4. The number of carbonyl (C=O) groups is 9. The van der Waals surface area contributed by atoms with Crippen molar-refractivity contribution in [2.75, 3.05) is 151 Å². The molecular weight excluding hydrogens is 1630 g/mol. The molecule has 0 bridgehead atoms. The number of aromatic amines is 4. The Morgan fingerprint density at radius 2 is 0.590 bits per heavy atom. The Morgan fingerprint density at radius 3 is 0.889 bits per heavy atom. The van der Waals surface area contributed by atoms with E-state index < -0.39 is 143 Å². The van der Waals surface area contributed by atoms with E-state index in [4.69, 9.17) is 11.5 Å². The molecule has 0 aliphatic carbocycles. The minimum absolute atomic E-state index is 0.0325. The average molecular weight is 1760 g/mol. The van der Waals surface area contributed by atoms with Crippen LogP contribution in [0, 0.1) is 5.92 Å². The van der Waals surface area contributed by atoms with Crippen molar-refractivity contribution in [3.63, 3.8) is 0 Å². The SMILES string of the molecule is CC[C@H](C)[C@H](NC(=O)[C@H](Cc1c[nH]c2ccccc12)NC(=O)[C@H](CSCCC[P+](C)(C)C)NC(=O)[C@H](Cc1c[nH]c2ccccc12)NC(=O)[C@H](Cc1c[nH]c2ccccc12)NC(=O)[C@H](CSCCC[P+](C)(C)C)NC(=O)[C@@H](N)CSCCC[P+](C)(C)C)C(=O)N[C@@H](CSCCC[P+](C)(C)C)C(=O)N[C@@H](Cc1c[nH]c2ccccc12)C(N)=O. The summed E-state index contributed by atoms with van der Waals surface area (Å²) >= 11 is 6.14. The van der Waals surface area contributed by atoms with E-state index >= 15 is 28.8 Å². The van der Waals surface area contributed by atoms with Crippen molar-refractivity contribution in [2.24, 2.45) is 17.4 Å². The number of hydrogen-bond acceptors (Lipinski definition) is 14. The molecule has 0 saturated carbocycles. The summed E-state index contributed by atoms with van der Waals surface area (Å²) in [4.78, 5) is 149. The lowest BCUT2D eigenvalue weighted by molar-refractivity contribution is -0.136. The third kappa shape index (κ3) is 31.7. The molecule has 4 aromatic carbocycles. The van der Waals surface area contributed by atoms with Gasteiger partial charge in [-0.05, 0) is 101 Å². The van der Waals surface area contributed by atoms with E-state index in [2.05, 4.69) is 142 Å². The number of nitrogens with one attached hydrogen (secondary N) is 12. The Kier molecular flexibility index (Phi) is 37.5. The molecule has 0 aliphatic rings. The highest BCUT2D eigenvalue weighted by molar-refractivity contribution is 8.00. The summed E-state index contributed by atoms with van der Waals surface area (Å²) in [5.74, 6) is -2.82. The molecule has 4 aromatic heterocycles. The summed E-state index contributed by atoms with van der Waals surface area (Å²) in [7, 11) is -4.40. The van der Waals surface area contributed by atoms with E-state index in [1.807, 2.05) is 111 Å². The van der Waals surface area contributed by atoms with E-state index in [0.717, 1.165) is 111 Å². The number of thioether (sulfide) groups is 4. The summed E-state index contributed by atoms with van der Waals surface area (Å²) in [6.07, 6.45) is 15.3. The zero-order chi connectivity index (χ0) is 85.2. The quantitative estimate of drug-likeness (QED) is 0.0125. The van der Waals surface area contributed by atoms with Crippen LogP contribution in [0.4, 0.5) is 0 Å². The van der Waals surface area contributed by atoms with E-state index in [0.29, 0.717) is 40.4 Å². The number of H-pyrrole nitrogens is 4. The summed E-state index contributed by atoms with van der Waals surface area (Å²) < 4.78 is 0. The maximum Gasteiger partial charge on any atom is 0.244 e. The summed E-state index contributed by atoms with van der Waals surface area (Å²) in [6.45, 7) is 31.1. The van der Waals surface area contributed by atoms with Gasteiger partial charge in [-0.1, -0.05) is 93.1 Å². The van der Waals surface area contributed by atoms with Gasteiger partial charge in [0.05, 0.1) is 30.7 Å². The van der Waals surface area contributed by atoms with Gasteiger partial charge >= 0.3 is 0 Å². The lowest BCUT2D eigenvalue weighted by Crippen LogP contribution is -2.62. The van der Waals surface area contributed by atoms with Crippen LogP contribution in [0.25, 0.3) is 43.6 Å². The third-order valence-corrected chi connectivity index (χ3v) is 31.8. The van der Waals surface area contributed by atoms with Crippen LogP contribution in [0.2, 0.25) is 0 Å². The number of rotatable bonds is 51. The zero-order valence-electron chi connectivity index (χ0n) is 70.9. The molecular formula is C86H130N14O9P4S4+4. The van der Waals surface area contributed by atoms with Gasteiger partial charge in [-0.25, -0.2) is 0 Å². The predicted octanol–water partition coefficient (Wildman–Crippen LogP) is 10.7. The fraction of sp³-hybridized carbons (Fsp3) is 0.523. The van der Waals surface area contributed by atoms with Gasteiger partial charge in [0.1, 0.15) is 48.3 Å². The standard InChI is InChI=1S/C86H126N14O9P4S4/c1-15-56(2)77(86(109)99-76(55-117-43-27-39-113(12,13)14)83(106)93-70(78(88)101)44-57-48-89-66-32-20-16-28-61(57)66)100-82(105)73(47-60-51-92-69-35-23-19-31-64(60)69)96-85(108)75(54-116-42-26-38-112(9,10)11)98-81(104)72(46-59-50-91-68-34-22-18-30-63(59)68)94-80(103)71(45-58-49-90-67-33-21-17-29-62(58)67)95-84(107)74(53-115-41-25-37-111(6,7)8)97-79(102)65(87)52-114-40-24-36-110(3,4)5/h16-23,28-35,48-51,56,65,70-77,89-92H,15,24-27,36-47,52-55,87H2,1-14H3,(H6-4,88,93,94,95,96,97,98,99,100,101,102,103,104,105,106,107,108,109)/p+4/t56-,65-,70-,71-,72-,73-,74-,75-,76-,77-/m0/s1. The van der Waals surface area contributed by atoms with Crippen LogP contribution in [0.3, 0.4) is 0 Å². The van der Waals surface area contributed by atoms with Crippen molar-refractivity contribution in [1.29, 1.82) is 0 Å². The molecule has 0 spiro atoms. The molecule has 4 heterocycles. The van der Waals surface area contributed by atoms with Gasteiger partial charge in [0, 0.05) is 226 Å². The first-order valence-corrected chi connectivity index (χ1v) is 58.5. The number of primary amides is 1. The molecule has 23 nitrogen and oxygen atoms in total. The zero-order valence-corrected chi connectivity index (χ0v) is 77.8. The number of benzene rings is 4. The second-order valence-electron chi connectivity index (χ2n) is 34.8. The molecule has 117 heavy (non-hydrogen) atoms. The summed E-state index contributed by atoms with van der Waals surface area (Å²) in [5.41, 5.74) is 18.7. The second-order valence-corrected chi connectivity index (χ2v) is 59.5. The molecule has 10 atom stereocenters. The molecule has 8 aromatic rings. The Hall–Kier alpha value is -6.65. The average Bonchev–Trinajstić information content (AvgIpc) is 1.73. The van der Waals surface area contributed by atoms with E-state index in [9.17, 15) is 14.4 Å². The first-order valence-electron chi connectivity index (χ1n) is 40.6. The van der Waals surface area contributed by atoms with Crippen molar-refractivity contribution in [3.8, 4) is 0 Å². The number of carbonyl (C=O) groups excluding carboxylic acids is 9. The minimum atomic E-state index is -1.39. The van der Waals surface area contributed by atoms with Crippen LogP contribution in [0.1, 0.15) is 68.2 Å². The fourth-order valence-electron chi connectivity index (χ4n) is 13.8. The first kappa shape index (κ1) is 95.8. The highest BCUT2D eigenvalue weighted by Crippen LogP contribution is 2.49. The van der Waals surface area contributed by atoms with E-state index in [1.165, 1.54) is 23.5 Å². The first-order chi connectivity index (χ1) is 55.4. The van der Waals surface area contributed by atoms with Crippen molar-refractivity contribution in [1.82, 2.24) is 62.5 Å². The van der Waals surface area contributed by atoms with Gasteiger partial charge in [0.2, 0.25) is 53.2 Å². The van der Waals surface area contributed by atoms with Crippen molar-refractivity contribution in [2.45, 2.75) is 126 Å². The van der Waals surface area contributed by atoms with Gasteiger partial charge in [0.25, 0.3) is 0 Å². The monoisotopic (exact) mass is 1750 g/mol. The van der Waals surface area contributed by atoms with Gasteiger partial charge < -0.3 is 73.9 Å². The fourth-order valence-corrected chi connectivity index (χ4v) is 23.0. The van der Waals surface area contributed by atoms with Crippen molar-refractivity contribution < 1.29 is 43.2 Å². The largest absolute Gasteiger partial charge is 0.368 e. The van der Waals surface area contributed by atoms with Crippen molar-refractivity contribution in [3.05, 3.63) is 144 Å². The molecule has 0 unspecified atom stereocenters. The topological polar surface area (TPSA) is 365 Å². The Morgan fingerprint density at radius 1 is 0.342 bits per heavy atom. The molecule has 0 fully saturated rings. The Labute approximate surface area is 711 Å². The lowest BCUT2D eigenvalue weighted by atomic mass is 9.96. The van der Waals surface area contributed by atoms with Crippen LogP contribution >= 0.6 is 76.1 Å². The Bertz CT molecular complexity index is 4600. The van der Waals surface area contributed by atoms with Crippen LogP contribution < -0.4 is 54.0 Å². The molecule has 16 N–H and O–H groups in total. The van der Waals surface area contributed by atoms with Gasteiger partial charge in [0.15, 0.2) is 0 Å². The minimum Gasteiger partial charge on any atom is -0.368 e. The smallest absolute Gasteiger partial charge is 0.244 e. The molecule has 0 saturated heterocycles. The van der Waals surface area contributed by atoms with Crippen LogP contribution in [0.15, 0.2) is 122 Å². The molecule has 638 valence electrons. The number of amides is 9. The Balaban J connectivity index is 1.11.